The molecule has 3 nitrogen and oxygen atoms in total. The predicted molar refractivity (Wildman–Crippen MR) is 70.1 cm³/mol. The van der Waals surface area contributed by atoms with Crippen LogP contribution in [-0.2, 0) is 13.0 Å². The van der Waals surface area contributed by atoms with E-state index in [1.165, 1.54) is 12.1 Å². The highest BCUT2D eigenvalue weighted by atomic mass is 35.5. The molecule has 1 unspecified atom stereocenters. The van der Waals surface area contributed by atoms with Crippen LogP contribution in [0.4, 0.5) is 4.39 Å². The number of benzene rings is 1. The van der Waals surface area contributed by atoms with Crippen molar-refractivity contribution in [2.24, 2.45) is 5.73 Å². The minimum absolute atomic E-state index is 0.0976. The van der Waals surface area contributed by atoms with Crippen LogP contribution in [0.25, 0.3) is 0 Å². The van der Waals surface area contributed by atoms with Crippen molar-refractivity contribution in [1.82, 2.24) is 9.78 Å². The molecule has 0 saturated heterocycles. The molecule has 1 aromatic heterocycles. The first-order valence-corrected chi connectivity index (χ1v) is 6.13. The number of hydrogen-bond acceptors (Lipinski definition) is 2. The molecule has 2 rings (SSSR count). The lowest BCUT2D eigenvalue weighted by molar-refractivity contribution is 0.619. The maximum atomic E-state index is 13.1. The van der Waals surface area contributed by atoms with Crippen molar-refractivity contribution in [2.45, 2.75) is 25.9 Å². The van der Waals surface area contributed by atoms with Crippen LogP contribution >= 0.6 is 11.6 Å². The summed E-state index contributed by atoms with van der Waals surface area (Å²) in [5.74, 6) is -0.294. The van der Waals surface area contributed by atoms with E-state index in [1.807, 2.05) is 13.1 Å². The zero-order valence-corrected chi connectivity index (χ0v) is 10.9. The van der Waals surface area contributed by atoms with Crippen LogP contribution < -0.4 is 5.73 Å². The average Bonchev–Trinajstić information content (AvgIpc) is 2.70. The quantitative estimate of drug-likeness (QED) is 0.925. The summed E-state index contributed by atoms with van der Waals surface area (Å²) in [7, 11) is 0. The molecule has 0 amide bonds. The molecule has 96 valence electrons. The Morgan fingerprint density at radius 1 is 1.50 bits per heavy atom. The van der Waals surface area contributed by atoms with Gasteiger partial charge in [0.25, 0.3) is 0 Å². The minimum Gasteiger partial charge on any atom is -0.328 e. The van der Waals surface area contributed by atoms with Crippen molar-refractivity contribution < 1.29 is 4.39 Å². The molecule has 1 atom stereocenters. The number of halogens is 2. The van der Waals surface area contributed by atoms with E-state index in [0.29, 0.717) is 17.1 Å². The van der Waals surface area contributed by atoms with Crippen molar-refractivity contribution in [3.05, 3.63) is 52.6 Å². The first-order chi connectivity index (χ1) is 8.54. The van der Waals surface area contributed by atoms with E-state index in [9.17, 15) is 4.39 Å². The second-order valence-electron chi connectivity index (χ2n) is 4.46. The maximum absolute atomic E-state index is 13.1. The van der Waals surface area contributed by atoms with E-state index in [4.69, 9.17) is 17.3 Å². The fourth-order valence-electron chi connectivity index (χ4n) is 1.81. The number of nitrogens with zero attached hydrogens (tertiary/aromatic N) is 2. The fraction of sp³-hybridized carbons (Fsp3) is 0.308. The van der Waals surface area contributed by atoms with Gasteiger partial charge in [-0.2, -0.15) is 5.10 Å². The summed E-state index contributed by atoms with van der Waals surface area (Å²) < 4.78 is 14.9. The minimum atomic E-state index is -0.294. The van der Waals surface area contributed by atoms with Gasteiger partial charge in [-0.15, -0.1) is 0 Å². The van der Waals surface area contributed by atoms with E-state index < -0.39 is 0 Å². The molecule has 1 aromatic carbocycles. The Kier molecular flexibility index (Phi) is 3.99. The normalized spacial score (nSPS) is 12.7. The summed E-state index contributed by atoms with van der Waals surface area (Å²) in [5, 5.41) is 4.76. The largest absolute Gasteiger partial charge is 0.328 e. The summed E-state index contributed by atoms with van der Waals surface area (Å²) >= 11 is 6.01. The Labute approximate surface area is 110 Å². The van der Waals surface area contributed by atoms with E-state index >= 15 is 0 Å². The first kappa shape index (κ1) is 13.1. The highest BCUT2D eigenvalue weighted by molar-refractivity contribution is 6.31. The number of aromatic nitrogens is 2. The molecular formula is C13H15ClFN3. The summed E-state index contributed by atoms with van der Waals surface area (Å²) in [6, 6.07) is 4.42. The topological polar surface area (TPSA) is 43.8 Å². The van der Waals surface area contributed by atoms with Gasteiger partial charge in [-0.25, -0.2) is 4.39 Å². The molecular weight excluding hydrogens is 253 g/mol. The number of rotatable bonds is 4. The lowest BCUT2D eigenvalue weighted by atomic mass is 10.1. The fourth-order valence-corrected chi connectivity index (χ4v) is 1.99. The Hall–Kier alpha value is -1.39. The standard InChI is InChI=1S/C13H15ClFN3/c1-9(16)4-10-6-17-18(7-10)8-11-5-12(15)2-3-13(11)14/h2-3,5-7,9H,4,8,16H2,1H3. The molecule has 0 aliphatic rings. The third-order valence-electron chi connectivity index (χ3n) is 2.58. The molecule has 2 aromatic rings. The van der Waals surface area contributed by atoms with Gasteiger partial charge in [-0.1, -0.05) is 11.6 Å². The van der Waals surface area contributed by atoms with Gasteiger partial charge in [-0.05, 0) is 42.7 Å². The molecule has 0 aliphatic carbocycles. The lowest BCUT2D eigenvalue weighted by Crippen LogP contribution is -2.17. The van der Waals surface area contributed by atoms with Crippen LogP contribution in [0.3, 0.4) is 0 Å². The van der Waals surface area contributed by atoms with Gasteiger partial charge < -0.3 is 5.73 Å². The monoisotopic (exact) mass is 267 g/mol. The van der Waals surface area contributed by atoms with Crippen LogP contribution in [0.5, 0.6) is 0 Å². The van der Waals surface area contributed by atoms with Crippen molar-refractivity contribution in [3.63, 3.8) is 0 Å². The van der Waals surface area contributed by atoms with Crippen LogP contribution in [0.2, 0.25) is 5.02 Å². The van der Waals surface area contributed by atoms with Crippen molar-refractivity contribution in [1.29, 1.82) is 0 Å². The zero-order valence-electron chi connectivity index (χ0n) is 10.1. The van der Waals surface area contributed by atoms with Gasteiger partial charge in [0.1, 0.15) is 5.82 Å². The molecule has 5 heteroatoms. The van der Waals surface area contributed by atoms with Crippen LogP contribution in [0.1, 0.15) is 18.1 Å². The number of nitrogens with two attached hydrogens (primary N) is 1. The summed E-state index contributed by atoms with van der Waals surface area (Å²) in [5.41, 5.74) is 7.50. The molecule has 0 fully saturated rings. The van der Waals surface area contributed by atoms with Crippen LogP contribution in [0, 0.1) is 5.82 Å². The highest BCUT2D eigenvalue weighted by Gasteiger charge is 2.06. The first-order valence-electron chi connectivity index (χ1n) is 5.75. The smallest absolute Gasteiger partial charge is 0.123 e. The molecule has 0 spiro atoms. The van der Waals surface area contributed by atoms with Gasteiger partial charge in [0.2, 0.25) is 0 Å². The highest BCUT2D eigenvalue weighted by Crippen LogP contribution is 2.18. The summed E-state index contributed by atoms with van der Waals surface area (Å²) in [6.07, 6.45) is 4.46. The molecule has 2 N–H and O–H groups in total. The third kappa shape index (κ3) is 3.31. The molecule has 18 heavy (non-hydrogen) atoms. The molecule has 0 aliphatic heterocycles. The Morgan fingerprint density at radius 3 is 3.00 bits per heavy atom. The second-order valence-corrected chi connectivity index (χ2v) is 4.87. The summed E-state index contributed by atoms with van der Waals surface area (Å²) in [4.78, 5) is 0. The Bertz CT molecular complexity index is 537. The van der Waals surface area contributed by atoms with Gasteiger partial charge in [0.15, 0.2) is 0 Å². The van der Waals surface area contributed by atoms with Crippen molar-refractivity contribution >= 4 is 11.6 Å². The molecule has 1 heterocycles. The Balaban J connectivity index is 2.13. The van der Waals surface area contributed by atoms with E-state index in [1.54, 1.807) is 16.9 Å². The number of hydrogen-bond donors (Lipinski definition) is 1. The molecule has 0 saturated carbocycles. The van der Waals surface area contributed by atoms with Gasteiger partial charge in [0, 0.05) is 17.3 Å². The predicted octanol–water partition coefficient (Wildman–Crippen LogP) is 2.61. The third-order valence-corrected chi connectivity index (χ3v) is 2.95. The van der Waals surface area contributed by atoms with Crippen molar-refractivity contribution in [3.8, 4) is 0 Å². The average molecular weight is 268 g/mol. The Morgan fingerprint density at radius 2 is 2.28 bits per heavy atom. The lowest BCUT2D eigenvalue weighted by Gasteiger charge is -2.05. The molecule has 0 radical (unpaired) electrons. The van der Waals surface area contributed by atoms with E-state index in [-0.39, 0.29) is 11.9 Å². The van der Waals surface area contributed by atoms with Crippen molar-refractivity contribution in [2.75, 3.05) is 0 Å². The van der Waals surface area contributed by atoms with Gasteiger partial charge in [0.05, 0.1) is 12.7 Å². The van der Waals surface area contributed by atoms with Crippen LogP contribution in [0.15, 0.2) is 30.6 Å². The molecule has 0 bridgehead atoms. The zero-order chi connectivity index (χ0) is 13.1. The van der Waals surface area contributed by atoms with Crippen LogP contribution in [-0.4, -0.2) is 15.8 Å². The van der Waals surface area contributed by atoms with E-state index in [0.717, 1.165) is 12.0 Å². The summed E-state index contributed by atoms with van der Waals surface area (Å²) in [6.45, 7) is 2.40. The maximum Gasteiger partial charge on any atom is 0.123 e. The van der Waals surface area contributed by atoms with Gasteiger partial charge in [-0.3, -0.25) is 4.68 Å². The SMILES string of the molecule is CC(N)Cc1cnn(Cc2cc(F)ccc2Cl)c1. The van der Waals surface area contributed by atoms with Gasteiger partial charge >= 0.3 is 0 Å². The second kappa shape index (κ2) is 5.50. The van der Waals surface area contributed by atoms with E-state index in [2.05, 4.69) is 5.10 Å².